The van der Waals surface area contributed by atoms with Crippen molar-refractivity contribution < 1.29 is 27.1 Å². The van der Waals surface area contributed by atoms with Crippen LogP contribution in [0.3, 0.4) is 0 Å². The number of fused-ring (bicyclic) bond motifs is 1. The van der Waals surface area contributed by atoms with Crippen LogP contribution in [-0.4, -0.2) is 16.9 Å². The summed E-state index contributed by atoms with van der Waals surface area (Å²) in [5.41, 5.74) is -0.557. The topological polar surface area (TPSA) is 51.2 Å². The maximum Gasteiger partial charge on any atom is 0.433 e. The number of ether oxygens (including phenoxy) is 1. The zero-order valence-electron chi connectivity index (χ0n) is 15.8. The summed E-state index contributed by atoms with van der Waals surface area (Å²) in [6, 6.07) is 9.89. The normalized spacial score (nSPS) is 14.4. The number of nitrogens with one attached hydrogen (secondary N) is 1. The highest BCUT2D eigenvalue weighted by atomic mass is 19.4. The summed E-state index contributed by atoms with van der Waals surface area (Å²) >= 11 is 0. The zero-order chi connectivity index (χ0) is 21.3. The van der Waals surface area contributed by atoms with Crippen molar-refractivity contribution in [2.24, 2.45) is 0 Å². The Bertz CT molecular complexity index is 1080. The van der Waals surface area contributed by atoms with Gasteiger partial charge in [0.2, 0.25) is 0 Å². The summed E-state index contributed by atoms with van der Waals surface area (Å²) in [4.78, 5) is 16.1. The maximum atomic E-state index is 14.6. The molecule has 1 aromatic heterocycles. The summed E-state index contributed by atoms with van der Waals surface area (Å²) in [6.07, 6.45) is -0.687. The van der Waals surface area contributed by atoms with E-state index in [0.717, 1.165) is 37.6 Å². The number of halogens is 4. The molecule has 0 atom stereocenters. The number of amides is 1. The molecule has 2 aromatic carbocycles. The number of hydrogen-bond donors (Lipinski definition) is 1. The van der Waals surface area contributed by atoms with Gasteiger partial charge in [-0.05, 0) is 31.4 Å². The predicted molar refractivity (Wildman–Crippen MR) is 103 cm³/mol. The number of alkyl halides is 3. The lowest BCUT2D eigenvalue weighted by Gasteiger charge is -2.27. The Balaban J connectivity index is 1.65. The van der Waals surface area contributed by atoms with Gasteiger partial charge in [0.05, 0.1) is 5.56 Å². The number of carbonyl (C=O) groups excluding carboxylic acids is 1. The molecule has 0 spiro atoms. The van der Waals surface area contributed by atoms with Crippen LogP contribution in [-0.2, 0) is 12.8 Å². The number of pyridine rings is 1. The highest BCUT2D eigenvalue weighted by molar-refractivity contribution is 6.04. The summed E-state index contributed by atoms with van der Waals surface area (Å²) in [5, 5.41) is 3.57. The molecule has 1 N–H and O–H groups in total. The lowest BCUT2D eigenvalue weighted by Crippen LogP contribution is -2.39. The Hall–Kier alpha value is -3.16. The molecule has 0 bridgehead atoms. The van der Waals surface area contributed by atoms with Gasteiger partial charge in [-0.1, -0.05) is 30.3 Å². The van der Waals surface area contributed by atoms with Crippen LogP contribution < -0.4 is 10.1 Å². The monoisotopic (exact) mass is 418 g/mol. The van der Waals surface area contributed by atoms with Gasteiger partial charge >= 0.3 is 6.18 Å². The fraction of sp³-hybridized carbons (Fsp3) is 0.273. The standard InChI is InChI=1S/C22H18F4N2O2/c23-18-10-17(21(29)28-14-4-3-5-14)20(16-7-2-1-6-15(16)18)30-12-13-8-9-19(27-11-13)22(24,25)26/h1-2,6-11,14H,3-5,12H2,(H,28,29). The van der Waals surface area contributed by atoms with E-state index in [4.69, 9.17) is 4.74 Å². The average Bonchev–Trinajstić information content (AvgIpc) is 2.69. The van der Waals surface area contributed by atoms with E-state index in [1.165, 1.54) is 6.07 Å². The Labute approximate surface area is 169 Å². The highest BCUT2D eigenvalue weighted by Gasteiger charge is 2.32. The van der Waals surface area contributed by atoms with E-state index < -0.39 is 23.6 Å². The molecule has 4 nitrogen and oxygen atoms in total. The van der Waals surface area contributed by atoms with Gasteiger partial charge in [-0.3, -0.25) is 9.78 Å². The first-order valence-corrected chi connectivity index (χ1v) is 9.50. The number of benzene rings is 2. The second-order valence-corrected chi connectivity index (χ2v) is 7.22. The second-order valence-electron chi connectivity index (χ2n) is 7.22. The minimum absolute atomic E-state index is 0.0537. The number of hydrogen-bond acceptors (Lipinski definition) is 3. The van der Waals surface area contributed by atoms with Crippen molar-refractivity contribution in [2.45, 2.75) is 38.1 Å². The molecular weight excluding hydrogens is 400 g/mol. The predicted octanol–water partition coefficient (Wildman–Crippen LogP) is 5.25. The van der Waals surface area contributed by atoms with Gasteiger partial charge in [0.15, 0.2) is 0 Å². The van der Waals surface area contributed by atoms with Gasteiger partial charge in [0.1, 0.15) is 23.9 Å². The molecule has 1 amide bonds. The van der Waals surface area contributed by atoms with E-state index >= 15 is 0 Å². The maximum absolute atomic E-state index is 14.6. The van der Waals surface area contributed by atoms with Gasteiger partial charge in [-0.25, -0.2) is 4.39 Å². The SMILES string of the molecule is O=C(NC1CCC1)c1cc(F)c2ccccc2c1OCc1ccc(C(F)(F)F)nc1. The van der Waals surface area contributed by atoms with Gasteiger partial charge in [0.25, 0.3) is 5.91 Å². The summed E-state index contributed by atoms with van der Waals surface area (Å²) in [7, 11) is 0. The van der Waals surface area contributed by atoms with E-state index in [-0.39, 0.29) is 24.0 Å². The van der Waals surface area contributed by atoms with Crippen molar-refractivity contribution >= 4 is 16.7 Å². The zero-order valence-corrected chi connectivity index (χ0v) is 15.8. The van der Waals surface area contributed by atoms with Crippen LogP contribution in [0.4, 0.5) is 17.6 Å². The molecule has 1 aliphatic carbocycles. The summed E-state index contributed by atoms with van der Waals surface area (Å²) < 4.78 is 58.5. The Kier molecular flexibility index (Phi) is 5.32. The fourth-order valence-corrected chi connectivity index (χ4v) is 3.28. The van der Waals surface area contributed by atoms with Crippen molar-refractivity contribution in [1.82, 2.24) is 10.3 Å². The van der Waals surface area contributed by atoms with Gasteiger partial charge in [0, 0.05) is 28.6 Å². The van der Waals surface area contributed by atoms with Crippen LogP contribution in [0.25, 0.3) is 10.8 Å². The van der Waals surface area contributed by atoms with E-state index in [0.29, 0.717) is 16.3 Å². The molecular formula is C22H18F4N2O2. The Morgan fingerprint density at radius 3 is 2.47 bits per heavy atom. The number of nitrogens with zero attached hydrogens (tertiary/aromatic N) is 1. The molecule has 4 rings (SSSR count). The number of rotatable bonds is 5. The first-order chi connectivity index (χ1) is 14.3. The lowest BCUT2D eigenvalue weighted by atomic mass is 9.92. The molecule has 30 heavy (non-hydrogen) atoms. The van der Waals surface area contributed by atoms with Crippen molar-refractivity contribution in [3.8, 4) is 5.75 Å². The molecule has 1 fully saturated rings. The van der Waals surface area contributed by atoms with Crippen molar-refractivity contribution in [3.63, 3.8) is 0 Å². The van der Waals surface area contributed by atoms with E-state index in [2.05, 4.69) is 10.3 Å². The third kappa shape index (κ3) is 4.08. The molecule has 0 radical (unpaired) electrons. The Morgan fingerprint density at radius 2 is 1.87 bits per heavy atom. The number of carbonyl (C=O) groups is 1. The first kappa shape index (κ1) is 20.1. The molecule has 1 heterocycles. The third-order valence-corrected chi connectivity index (χ3v) is 5.13. The fourth-order valence-electron chi connectivity index (χ4n) is 3.28. The van der Waals surface area contributed by atoms with Crippen LogP contribution in [0.5, 0.6) is 5.75 Å². The summed E-state index contributed by atoms with van der Waals surface area (Å²) in [5.74, 6) is -0.804. The van der Waals surface area contributed by atoms with Crippen LogP contribution in [0.2, 0.25) is 0 Å². The molecule has 3 aromatic rings. The van der Waals surface area contributed by atoms with E-state index in [9.17, 15) is 22.4 Å². The third-order valence-electron chi connectivity index (χ3n) is 5.13. The van der Waals surface area contributed by atoms with Crippen LogP contribution in [0.15, 0.2) is 48.7 Å². The largest absolute Gasteiger partial charge is 0.487 e. The van der Waals surface area contributed by atoms with Crippen LogP contribution >= 0.6 is 0 Å². The van der Waals surface area contributed by atoms with Crippen molar-refractivity contribution in [1.29, 1.82) is 0 Å². The van der Waals surface area contributed by atoms with Crippen molar-refractivity contribution in [2.75, 3.05) is 0 Å². The molecule has 0 saturated heterocycles. The summed E-state index contributed by atoms with van der Waals surface area (Å²) in [6.45, 7) is -0.121. The van der Waals surface area contributed by atoms with Crippen LogP contribution in [0, 0.1) is 5.82 Å². The smallest absolute Gasteiger partial charge is 0.433 e. The van der Waals surface area contributed by atoms with Crippen molar-refractivity contribution in [3.05, 3.63) is 71.3 Å². The van der Waals surface area contributed by atoms with E-state index in [1.807, 2.05) is 0 Å². The molecule has 1 saturated carbocycles. The minimum atomic E-state index is -4.53. The second kappa shape index (κ2) is 7.93. The minimum Gasteiger partial charge on any atom is -0.487 e. The molecule has 0 aliphatic heterocycles. The Morgan fingerprint density at radius 1 is 1.13 bits per heavy atom. The highest BCUT2D eigenvalue weighted by Crippen LogP contribution is 2.34. The molecule has 1 aliphatic rings. The lowest BCUT2D eigenvalue weighted by molar-refractivity contribution is -0.141. The van der Waals surface area contributed by atoms with E-state index in [1.54, 1.807) is 24.3 Å². The average molecular weight is 418 g/mol. The number of aromatic nitrogens is 1. The van der Waals surface area contributed by atoms with Gasteiger partial charge in [-0.15, -0.1) is 0 Å². The molecule has 8 heteroatoms. The molecule has 156 valence electrons. The van der Waals surface area contributed by atoms with Gasteiger partial charge < -0.3 is 10.1 Å². The van der Waals surface area contributed by atoms with Crippen LogP contribution in [0.1, 0.15) is 40.9 Å². The molecule has 0 unspecified atom stereocenters. The first-order valence-electron chi connectivity index (χ1n) is 9.50. The quantitative estimate of drug-likeness (QED) is 0.576. The van der Waals surface area contributed by atoms with Gasteiger partial charge in [-0.2, -0.15) is 13.2 Å².